The minimum atomic E-state index is -0.0682. The number of aryl methyl sites for hydroxylation is 2. The summed E-state index contributed by atoms with van der Waals surface area (Å²) in [6.07, 6.45) is 3.26. The van der Waals surface area contributed by atoms with Crippen molar-refractivity contribution in [3.8, 4) is 0 Å². The van der Waals surface area contributed by atoms with Crippen molar-refractivity contribution in [3.63, 3.8) is 0 Å². The van der Waals surface area contributed by atoms with Gasteiger partial charge >= 0.3 is 0 Å². The van der Waals surface area contributed by atoms with Gasteiger partial charge in [0.25, 0.3) is 0 Å². The molecule has 1 heterocycles. The summed E-state index contributed by atoms with van der Waals surface area (Å²) in [6.45, 7) is 7.21. The Morgan fingerprint density at radius 3 is 2.85 bits per heavy atom. The molecule has 2 N–H and O–H groups in total. The second kappa shape index (κ2) is 6.72. The van der Waals surface area contributed by atoms with Gasteiger partial charge in [-0.05, 0) is 72.3 Å². The van der Waals surface area contributed by atoms with E-state index in [4.69, 9.17) is 0 Å². The van der Waals surface area contributed by atoms with Crippen molar-refractivity contribution in [2.24, 2.45) is 5.92 Å². The zero-order valence-corrected chi connectivity index (χ0v) is 14.0. The number of benzene rings is 1. The number of carbonyl (C=O) groups is 1. The van der Waals surface area contributed by atoms with Crippen molar-refractivity contribution in [3.05, 3.63) is 27.7 Å². The molecule has 20 heavy (non-hydrogen) atoms. The fourth-order valence-corrected chi connectivity index (χ4v) is 3.62. The lowest BCUT2D eigenvalue weighted by molar-refractivity contribution is -0.119. The van der Waals surface area contributed by atoms with Crippen LogP contribution in [0.4, 0.5) is 5.69 Å². The van der Waals surface area contributed by atoms with E-state index in [9.17, 15) is 4.79 Å². The second-order valence-electron chi connectivity index (χ2n) is 5.73. The van der Waals surface area contributed by atoms with Crippen LogP contribution in [0.3, 0.4) is 0 Å². The van der Waals surface area contributed by atoms with Crippen molar-refractivity contribution in [1.82, 2.24) is 5.32 Å². The van der Waals surface area contributed by atoms with Crippen molar-refractivity contribution in [2.45, 2.75) is 46.1 Å². The second-order valence-corrected chi connectivity index (χ2v) is 6.59. The fourth-order valence-electron chi connectivity index (χ4n) is 2.85. The fraction of sp³-hybridized carbons (Fsp3) is 0.562. The van der Waals surface area contributed by atoms with E-state index in [-0.39, 0.29) is 11.9 Å². The predicted molar refractivity (Wildman–Crippen MR) is 87.1 cm³/mol. The first-order chi connectivity index (χ1) is 9.51. The number of nitrogens with one attached hydrogen (secondary N) is 2. The van der Waals surface area contributed by atoms with Crippen molar-refractivity contribution in [2.75, 3.05) is 11.9 Å². The molecule has 1 fully saturated rings. The molecule has 2 unspecified atom stereocenters. The normalized spacial score (nSPS) is 22.6. The number of rotatable bonds is 3. The van der Waals surface area contributed by atoms with Crippen LogP contribution in [-0.2, 0) is 4.79 Å². The van der Waals surface area contributed by atoms with E-state index >= 15 is 0 Å². The molecular weight excluding hydrogens is 316 g/mol. The summed E-state index contributed by atoms with van der Waals surface area (Å²) >= 11 is 3.54. The molecule has 1 amide bonds. The Morgan fingerprint density at radius 1 is 1.45 bits per heavy atom. The van der Waals surface area contributed by atoms with E-state index in [0.29, 0.717) is 5.92 Å². The quantitative estimate of drug-likeness (QED) is 0.880. The van der Waals surface area contributed by atoms with E-state index in [0.717, 1.165) is 35.1 Å². The lowest BCUT2D eigenvalue weighted by atomic mass is 9.90. The molecule has 0 radical (unpaired) electrons. The van der Waals surface area contributed by atoms with E-state index in [2.05, 4.69) is 46.5 Å². The van der Waals surface area contributed by atoms with Gasteiger partial charge in [0.1, 0.15) is 0 Å². The molecule has 0 spiro atoms. The largest absolute Gasteiger partial charge is 0.323 e. The van der Waals surface area contributed by atoms with Crippen molar-refractivity contribution in [1.29, 1.82) is 0 Å². The Kier molecular flexibility index (Phi) is 5.22. The van der Waals surface area contributed by atoms with Gasteiger partial charge < -0.3 is 10.6 Å². The number of anilines is 1. The summed E-state index contributed by atoms with van der Waals surface area (Å²) in [5, 5.41) is 6.40. The minimum absolute atomic E-state index is 0.0682. The summed E-state index contributed by atoms with van der Waals surface area (Å²) < 4.78 is 0.950. The highest BCUT2D eigenvalue weighted by atomic mass is 79.9. The van der Waals surface area contributed by atoms with Crippen LogP contribution < -0.4 is 10.6 Å². The van der Waals surface area contributed by atoms with Crippen molar-refractivity contribution >= 4 is 27.5 Å². The maximum Gasteiger partial charge on any atom is 0.241 e. The molecule has 1 aromatic rings. The average molecular weight is 339 g/mol. The molecule has 4 heteroatoms. The highest BCUT2D eigenvalue weighted by Crippen LogP contribution is 2.28. The summed E-state index contributed by atoms with van der Waals surface area (Å²) in [7, 11) is 0. The van der Waals surface area contributed by atoms with Gasteiger partial charge in [-0.1, -0.05) is 19.4 Å². The lowest BCUT2D eigenvalue weighted by Crippen LogP contribution is -2.46. The molecule has 0 bridgehead atoms. The number of hydrogen-bond donors (Lipinski definition) is 2. The molecular formula is C16H23BrN2O. The first-order valence-electron chi connectivity index (χ1n) is 7.32. The van der Waals surface area contributed by atoms with Gasteiger partial charge in [0.05, 0.1) is 11.7 Å². The highest BCUT2D eigenvalue weighted by molar-refractivity contribution is 9.10. The van der Waals surface area contributed by atoms with Crippen LogP contribution in [0.2, 0.25) is 0 Å². The van der Waals surface area contributed by atoms with E-state index in [1.54, 1.807) is 0 Å². The Hall–Kier alpha value is -0.870. The minimum Gasteiger partial charge on any atom is -0.323 e. The monoisotopic (exact) mass is 338 g/mol. The lowest BCUT2D eigenvalue weighted by Gasteiger charge is -2.29. The number of halogens is 1. The molecule has 1 aliphatic rings. The molecule has 2 atom stereocenters. The zero-order valence-electron chi connectivity index (χ0n) is 12.4. The maximum absolute atomic E-state index is 12.4. The van der Waals surface area contributed by atoms with Gasteiger partial charge in [-0.3, -0.25) is 4.79 Å². The van der Waals surface area contributed by atoms with Gasteiger partial charge in [-0.2, -0.15) is 0 Å². The Bertz CT molecular complexity index is 478. The summed E-state index contributed by atoms with van der Waals surface area (Å²) in [4.78, 5) is 12.4. The van der Waals surface area contributed by atoms with Gasteiger partial charge in [0.2, 0.25) is 5.91 Å². The summed E-state index contributed by atoms with van der Waals surface area (Å²) in [6, 6.07) is 4.05. The molecule has 3 nitrogen and oxygen atoms in total. The third-order valence-electron chi connectivity index (χ3n) is 4.09. The number of piperidine rings is 1. The summed E-state index contributed by atoms with van der Waals surface area (Å²) in [5.74, 6) is 0.741. The molecule has 1 aromatic carbocycles. The van der Waals surface area contributed by atoms with E-state index in [1.165, 1.54) is 12.0 Å². The number of carbonyl (C=O) groups excluding carboxylic acids is 1. The van der Waals surface area contributed by atoms with Crippen LogP contribution in [0.25, 0.3) is 0 Å². The number of hydrogen-bond acceptors (Lipinski definition) is 2. The SMILES string of the molecule is CCC1CCNC(C(=O)Nc2c(C)cc(C)cc2Br)C1. The molecule has 110 valence electrons. The van der Waals surface area contributed by atoms with Crippen molar-refractivity contribution < 1.29 is 4.79 Å². The van der Waals surface area contributed by atoms with Crippen LogP contribution >= 0.6 is 15.9 Å². The number of amides is 1. The topological polar surface area (TPSA) is 41.1 Å². The van der Waals surface area contributed by atoms with E-state index in [1.807, 2.05) is 13.0 Å². The molecule has 1 saturated heterocycles. The van der Waals surface area contributed by atoms with Gasteiger partial charge in [0.15, 0.2) is 0 Å². The Morgan fingerprint density at radius 2 is 2.20 bits per heavy atom. The van der Waals surface area contributed by atoms with Gasteiger partial charge in [0, 0.05) is 4.47 Å². The predicted octanol–water partition coefficient (Wildman–Crippen LogP) is 3.78. The van der Waals surface area contributed by atoms with E-state index < -0.39 is 0 Å². The van der Waals surface area contributed by atoms with Crippen LogP contribution in [0, 0.1) is 19.8 Å². The zero-order chi connectivity index (χ0) is 14.7. The third kappa shape index (κ3) is 3.61. The molecule has 2 rings (SSSR count). The molecule has 0 aromatic heterocycles. The first kappa shape index (κ1) is 15.5. The maximum atomic E-state index is 12.4. The molecule has 0 aliphatic carbocycles. The van der Waals surface area contributed by atoms with Crippen LogP contribution in [0.5, 0.6) is 0 Å². The Balaban J connectivity index is 2.08. The average Bonchev–Trinajstić information content (AvgIpc) is 2.42. The molecule has 1 aliphatic heterocycles. The van der Waals surface area contributed by atoms with Gasteiger partial charge in [-0.25, -0.2) is 0 Å². The molecule has 0 saturated carbocycles. The smallest absolute Gasteiger partial charge is 0.241 e. The van der Waals surface area contributed by atoms with Crippen LogP contribution in [-0.4, -0.2) is 18.5 Å². The van der Waals surface area contributed by atoms with Gasteiger partial charge in [-0.15, -0.1) is 0 Å². The van der Waals surface area contributed by atoms with Crippen LogP contribution in [0.15, 0.2) is 16.6 Å². The van der Waals surface area contributed by atoms with Crippen LogP contribution in [0.1, 0.15) is 37.3 Å². The highest BCUT2D eigenvalue weighted by Gasteiger charge is 2.26. The Labute approximate surface area is 129 Å². The third-order valence-corrected chi connectivity index (χ3v) is 4.71. The standard InChI is InChI=1S/C16H23BrN2O/c1-4-12-5-6-18-14(9-12)16(20)19-15-11(3)7-10(2)8-13(15)17/h7-8,12,14,18H,4-6,9H2,1-3H3,(H,19,20). The summed E-state index contributed by atoms with van der Waals surface area (Å²) in [5.41, 5.74) is 3.17. The first-order valence-corrected chi connectivity index (χ1v) is 8.11.